The van der Waals surface area contributed by atoms with Gasteiger partial charge in [-0.1, -0.05) is 34.1 Å². The molecule has 7 heteroatoms. The van der Waals surface area contributed by atoms with Gasteiger partial charge in [-0.25, -0.2) is 0 Å². The summed E-state index contributed by atoms with van der Waals surface area (Å²) in [6.45, 7) is 0. The van der Waals surface area contributed by atoms with Gasteiger partial charge in [-0.3, -0.25) is 19.5 Å². The zero-order chi connectivity index (χ0) is 21.3. The minimum absolute atomic E-state index is 0.0244. The largest absolute Gasteiger partial charge is 0.507 e. The highest BCUT2D eigenvalue weighted by atomic mass is 79.9. The number of aromatic nitrogens is 1. The number of halogens is 1. The molecule has 0 aliphatic carbocycles. The predicted octanol–water partition coefficient (Wildman–Crippen LogP) is 4.48. The van der Waals surface area contributed by atoms with Crippen molar-refractivity contribution in [3.63, 3.8) is 0 Å². The van der Waals surface area contributed by atoms with Gasteiger partial charge in [0, 0.05) is 34.2 Å². The van der Waals surface area contributed by atoms with Crippen molar-refractivity contribution in [1.82, 2.24) is 4.98 Å². The first kappa shape index (κ1) is 19.8. The van der Waals surface area contributed by atoms with Crippen LogP contribution in [0.1, 0.15) is 17.2 Å². The van der Waals surface area contributed by atoms with Crippen LogP contribution in [-0.2, 0) is 9.59 Å². The predicted molar refractivity (Wildman–Crippen MR) is 116 cm³/mol. The molecule has 3 aromatic rings. The van der Waals surface area contributed by atoms with E-state index in [-0.39, 0.29) is 11.3 Å². The molecule has 1 fully saturated rings. The standard InChI is InChI=1S/C23H17BrN2O4/c1-30-18-4-2-3-17(13-18)26-20(14-9-11-25-12-10-14)19(22(28)23(26)29)21(27)15-5-7-16(24)8-6-15/h2-13,20,27H,1H3/b21-19+. The molecule has 6 nitrogen and oxygen atoms in total. The third-order valence-electron chi connectivity index (χ3n) is 4.92. The molecule has 1 aromatic heterocycles. The number of hydrogen-bond donors (Lipinski definition) is 1. The summed E-state index contributed by atoms with van der Waals surface area (Å²) in [5.74, 6) is -1.15. The maximum absolute atomic E-state index is 13.1. The number of methoxy groups -OCH3 is 1. The second-order valence-electron chi connectivity index (χ2n) is 6.66. The van der Waals surface area contributed by atoms with Crippen molar-refractivity contribution in [2.75, 3.05) is 12.0 Å². The number of carbonyl (C=O) groups is 2. The highest BCUT2D eigenvalue weighted by molar-refractivity contribution is 9.10. The summed E-state index contributed by atoms with van der Waals surface area (Å²) >= 11 is 3.36. The lowest BCUT2D eigenvalue weighted by atomic mass is 9.96. The lowest BCUT2D eigenvalue weighted by Crippen LogP contribution is -2.29. The second kappa shape index (κ2) is 8.12. The molecule has 2 aromatic carbocycles. The fourth-order valence-corrected chi connectivity index (χ4v) is 3.75. The zero-order valence-corrected chi connectivity index (χ0v) is 17.5. The van der Waals surface area contributed by atoms with Crippen LogP contribution in [-0.4, -0.2) is 28.9 Å². The van der Waals surface area contributed by atoms with E-state index in [9.17, 15) is 14.7 Å². The van der Waals surface area contributed by atoms with E-state index >= 15 is 0 Å². The van der Waals surface area contributed by atoms with E-state index in [2.05, 4.69) is 20.9 Å². The molecule has 2 heterocycles. The van der Waals surface area contributed by atoms with Crippen LogP contribution in [0.25, 0.3) is 5.76 Å². The van der Waals surface area contributed by atoms with Crippen molar-refractivity contribution >= 4 is 39.1 Å². The molecule has 4 rings (SSSR count). The fourth-order valence-electron chi connectivity index (χ4n) is 3.48. The molecular formula is C23H17BrN2O4. The third kappa shape index (κ3) is 3.48. The van der Waals surface area contributed by atoms with E-state index in [0.717, 1.165) is 4.47 Å². The SMILES string of the molecule is COc1cccc(N2C(=O)C(=O)/C(=C(/O)c3ccc(Br)cc3)C2c2ccncc2)c1. The summed E-state index contributed by atoms with van der Waals surface area (Å²) in [6, 6.07) is 16.4. The number of benzene rings is 2. The normalized spacial score (nSPS) is 17.9. The summed E-state index contributed by atoms with van der Waals surface area (Å²) in [4.78, 5) is 31.5. The molecule has 1 aliphatic rings. The van der Waals surface area contributed by atoms with Crippen molar-refractivity contribution in [1.29, 1.82) is 0 Å². The molecule has 0 radical (unpaired) electrons. The fraction of sp³-hybridized carbons (Fsp3) is 0.0870. The summed E-state index contributed by atoms with van der Waals surface area (Å²) in [7, 11) is 1.53. The number of pyridine rings is 1. The molecular weight excluding hydrogens is 448 g/mol. The van der Waals surface area contributed by atoms with Crippen LogP contribution in [0.15, 0.2) is 83.1 Å². The van der Waals surface area contributed by atoms with Crippen LogP contribution < -0.4 is 9.64 Å². The van der Waals surface area contributed by atoms with Crippen LogP contribution in [0, 0.1) is 0 Å². The summed E-state index contributed by atoms with van der Waals surface area (Å²) in [5, 5.41) is 11.0. The Kier molecular flexibility index (Phi) is 5.37. The average molecular weight is 465 g/mol. The summed E-state index contributed by atoms with van der Waals surface area (Å²) < 4.78 is 6.11. The Morgan fingerprint density at radius 1 is 1.07 bits per heavy atom. The quantitative estimate of drug-likeness (QED) is 0.349. The molecule has 1 aliphatic heterocycles. The number of nitrogens with zero attached hydrogens (tertiary/aromatic N) is 2. The Morgan fingerprint density at radius 2 is 1.77 bits per heavy atom. The van der Waals surface area contributed by atoms with Gasteiger partial charge in [0.25, 0.3) is 11.7 Å². The highest BCUT2D eigenvalue weighted by Crippen LogP contribution is 2.42. The first-order valence-electron chi connectivity index (χ1n) is 9.12. The second-order valence-corrected chi connectivity index (χ2v) is 7.57. The van der Waals surface area contributed by atoms with Gasteiger partial charge in [-0.15, -0.1) is 0 Å². The van der Waals surface area contributed by atoms with E-state index in [4.69, 9.17) is 4.74 Å². The lowest BCUT2D eigenvalue weighted by Gasteiger charge is -2.25. The van der Waals surface area contributed by atoms with E-state index in [0.29, 0.717) is 22.6 Å². The number of carbonyl (C=O) groups excluding carboxylic acids is 2. The van der Waals surface area contributed by atoms with Gasteiger partial charge in [-0.2, -0.15) is 0 Å². The van der Waals surface area contributed by atoms with Gasteiger partial charge in [-0.05, 0) is 42.0 Å². The Labute approximate surface area is 181 Å². The molecule has 1 saturated heterocycles. The van der Waals surface area contributed by atoms with Gasteiger partial charge in [0.1, 0.15) is 11.5 Å². The monoisotopic (exact) mass is 464 g/mol. The first-order chi connectivity index (χ1) is 14.5. The average Bonchev–Trinajstić information content (AvgIpc) is 3.05. The van der Waals surface area contributed by atoms with Gasteiger partial charge in [0.15, 0.2) is 0 Å². The van der Waals surface area contributed by atoms with Crippen molar-refractivity contribution in [3.05, 3.63) is 94.2 Å². The Bertz CT molecular complexity index is 1140. The first-order valence-corrected chi connectivity index (χ1v) is 9.91. The van der Waals surface area contributed by atoms with Gasteiger partial charge < -0.3 is 9.84 Å². The van der Waals surface area contributed by atoms with Crippen molar-refractivity contribution in [2.24, 2.45) is 0 Å². The number of rotatable bonds is 4. The molecule has 0 bridgehead atoms. The lowest BCUT2D eigenvalue weighted by molar-refractivity contribution is -0.132. The molecule has 150 valence electrons. The van der Waals surface area contributed by atoms with E-state index in [1.165, 1.54) is 12.0 Å². The number of Topliss-reactive ketones (excluding diaryl/α,β-unsaturated/α-hetero) is 1. The molecule has 0 saturated carbocycles. The highest BCUT2D eigenvalue weighted by Gasteiger charge is 2.47. The Morgan fingerprint density at radius 3 is 2.43 bits per heavy atom. The molecule has 0 spiro atoms. The van der Waals surface area contributed by atoms with Crippen molar-refractivity contribution in [2.45, 2.75) is 6.04 Å². The van der Waals surface area contributed by atoms with Crippen molar-refractivity contribution < 1.29 is 19.4 Å². The van der Waals surface area contributed by atoms with Crippen LogP contribution in [0.5, 0.6) is 5.75 Å². The molecule has 1 N–H and O–H groups in total. The number of anilines is 1. The zero-order valence-electron chi connectivity index (χ0n) is 15.9. The van der Waals surface area contributed by atoms with E-state index in [1.54, 1.807) is 73.1 Å². The minimum atomic E-state index is -0.802. The van der Waals surface area contributed by atoms with Crippen LogP contribution >= 0.6 is 15.9 Å². The smallest absolute Gasteiger partial charge is 0.300 e. The Hall–Kier alpha value is -3.45. The minimum Gasteiger partial charge on any atom is -0.507 e. The van der Waals surface area contributed by atoms with Gasteiger partial charge in [0.05, 0.1) is 18.7 Å². The van der Waals surface area contributed by atoms with Crippen LogP contribution in [0.3, 0.4) is 0 Å². The number of ketones is 1. The molecule has 1 unspecified atom stereocenters. The van der Waals surface area contributed by atoms with E-state index in [1.807, 2.05) is 0 Å². The molecule has 30 heavy (non-hydrogen) atoms. The topological polar surface area (TPSA) is 79.7 Å². The Balaban J connectivity index is 1.93. The number of aliphatic hydroxyl groups excluding tert-OH is 1. The van der Waals surface area contributed by atoms with Gasteiger partial charge in [0.2, 0.25) is 0 Å². The van der Waals surface area contributed by atoms with Gasteiger partial charge >= 0.3 is 0 Å². The number of ether oxygens (including phenoxy) is 1. The number of amides is 1. The third-order valence-corrected chi connectivity index (χ3v) is 5.44. The maximum atomic E-state index is 13.1. The molecule has 1 atom stereocenters. The number of aliphatic hydroxyl groups is 1. The van der Waals surface area contributed by atoms with Crippen LogP contribution in [0.4, 0.5) is 5.69 Å². The number of hydrogen-bond acceptors (Lipinski definition) is 5. The van der Waals surface area contributed by atoms with E-state index < -0.39 is 17.7 Å². The summed E-state index contributed by atoms with van der Waals surface area (Å²) in [6.07, 6.45) is 3.17. The van der Waals surface area contributed by atoms with Crippen molar-refractivity contribution in [3.8, 4) is 5.75 Å². The summed E-state index contributed by atoms with van der Waals surface area (Å²) in [5.41, 5.74) is 1.62. The van der Waals surface area contributed by atoms with Crippen LogP contribution in [0.2, 0.25) is 0 Å². The molecule has 1 amide bonds. The maximum Gasteiger partial charge on any atom is 0.300 e.